The molecule has 312 valence electrons. The smallest absolute Gasteiger partial charge is 0.326 e. The van der Waals surface area contributed by atoms with Crippen LogP contribution < -0.4 is 19.5 Å². The van der Waals surface area contributed by atoms with Crippen molar-refractivity contribution in [1.29, 1.82) is 0 Å². The van der Waals surface area contributed by atoms with Gasteiger partial charge in [0.1, 0.15) is 41.4 Å². The van der Waals surface area contributed by atoms with Crippen LogP contribution in [0.15, 0.2) is 71.9 Å². The van der Waals surface area contributed by atoms with Crippen molar-refractivity contribution in [2.24, 2.45) is 5.41 Å². The number of likely N-dealkylation sites (tertiary alicyclic amines) is 1. The fraction of sp³-hybridized carbons (Fsp3) is 0.390. The summed E-state index contributed by atoms with van der Waals surface area (Å²) in [4.78, 5) is 29.6. The molecule has 2 unspecified atom stereocenters. The van der Waals surface area contributed by atoms with E-state index in [0.29, 0.717) is 61.0 Å². The first kappa shape index (κ1) is 44.6. The number of carboxylic acid groups (broad SMARTS) is 2. The summed E-state index contributed by atoms with van der Waals surface area (Å²) >= 11 is 13.6. The third-order valence-corrected chi connectivity index (χ3v) is 12.1. The van der Waals surface area contributed by atoms with Gasteiger partial charge in [-0.15, -0.1) is 0 Å². The molecule has 1 saturated heterocycles. The van der Waals surface area contributed by atoms with Crippen molar-refractivity contribution in [3.63, 3.8) is 0 Å². The molecule has 4 aromatic rings. The van der Waals surface area contributed by atoms with Crippen molar-refractivity contribution in [2.45, 2.75) is 56.9 Å². The van der Waals surface area contributed by atoms with Gasteiger partial charge in [-0.1, -0.05) is 53.5 Å². The van der Waals surface area contributed by atoms with Gasteiger partial charge in [-0.3, -0.25) is 19.9 Å². The second-order valence-corrected chi connectivity index (χ2v) is 17.4. The van der Waals surface area contributed by atoms with Gasteiger partial charge in [0.15, 0.2) is 9.84 Å². The lowest BCUT2D eigenvalue weighted by atomic mass is 9.88. The van der Waals surface area contributed by atoms with Crippen LogP contribution in [0.25, 0.3) is 11.1 Å². The number of aliphatic hydroxyl groups excluding tert-OH is 2. The molecule has 0 spiro atoms. The summed E-state index contributed by atoms with van der Waals surface area (Å²) < 4.78 is 42.6. The van der Waals surface area contributed by atoms with Crippen LogP contribution in [0.4, 0.5) is 0 Å². The van der Waals surface area contributed by atoms with Gasteiger partial charge in [-0.05, 0) is 68.1 Å². The van der Waals surface area contributed by atoms with Gasteiger partial charge < -0.3 is 39.5 Å². The summed E-state index contributed by atoms with van der Waals surface area (Å²) in [5.41, 5.74) is 1.49. The van der Waals surface area contributed by atoms with E-state index in [0.717, 1.165) is 28.5 Å². The maximum Gasteiger partial charge on any atom is 0.326 e. The number of aromatic nitrogens is 1. The number of sulfone groups is 1. The number of halogens is 2. The second kappa shape index (κ2) is 19.1. The standard InChI is InChI=1S/C41H47Cl2N3O11S/c1-26-28(7-4-8-31(26)32-9-5-10-34(37(32)43)55-14-6-12-46-13-11-41(23-46,25-48)39(51)52)22-57-36-17-35(56-21-27-15-30(20-44-18-27)58(3,53)54)29(16-33(36)42)19-45-40(2,24-47)38(49)50/h4-5,7-10,15-18,20,45,47-48H,6,11-14,19,21-25H2,1-3H3,(H,49,50)(H,51,52). The van der Waals surface area contributed by atoms with Gasteiger partial charge in [0, 0.05) is 61.0 Å². The molecule has 58 heavy (non-hydrogen) atoms. The summed E-state index contributed by atoms with van der Waals surface area (Å²) in [6.45, 7) is 4.04. The largest absolute Gasteiger partial charge is 0.492 e. The normalized spacial score (nSPS) is 16.8. The zero-order valence-electron chi connectivity index (χ0n) is 32.3. The molecule has 1 fully saturated rings. The van der Waals surface area contributed by atoms with Crippen LogP contribution in [0.3, 0.4) is 0 Å². The number of carboxylic acids is 2. The molecule has 5 rings (SSSR count). The number of nitrogens with zero attached hydrogens (tertiary/aromatic N) is 2. The average Bonchev–Trinajstić information content (AvgIpc) is 3.63. The molecule has 2 heterocycles. The third-order valence-electron chi connectivity index (χ3n) is 10.3. The molecule has 1 aliphatic rings. The van der Waals surface area contributed by atoms with Crippen LogP contribution in [0.1, 0.15) is 42.0 Å². The van der Waals surface area contributed by atoms with Crippen molar-refractivity contribution in [3.8, 4) is 28.4 Å². The summed E-state index contributed by atoms with van der Waals surface area (Å²) in [6.07, 6.45) is 4.83. The molecule has 0 radical (unpaired) electrons. The molecule has 2 atom stereocenters. The van der Waals surface area contributed by atoms with E-state index in [1.807, 2.05) is 42.2 Å². The topological polar surface area (TPSA) is 205 Å². The number of hydrogen-bond donors (Lipinski definition) is 5. The Morgan fingerprint density at radius 1 is 0.948 bits per heavy atom. The second-order valence-electron chi connectivity index (χ2n) is 14.6. The summed E-state index contributed by atoms with van der Waals surface area (Å²) in [7, 11) is -3.52. The zero-order valence-corrected chi connectivity index (χ0v) is 34.7. The number of nitrogens with one attached hydrogen (secondary N) is 1. The van der Waals surface area contributed by atoms with Crippen LogP contribution in [0, 0.1) is 12.3 Å². The van der Waals surface area contributed by atoms with E-state index < -0.39 is 45.9 Å². The fourth-order valence-electron chi connectivity index (χ4n) is 6.46. The van der Waals surface area contributed by atoms with Gasteiger partial charge in [0.2, 0.25) is 0 Å². The minimum Gasteiger partial charge on any atom is -0.492 e. The van der Waals surface area contributed by atoms with Gasteiger partial charge in [0.25, 0.3) is 0 Å². The molecule has 1 aliphatic heterocycles. The Bertz CT molecular complexity index is 2240. The molecule has 17 heteroatoms. The number of benzene rings is 3. The molecule has 3 aromatic carbocycles. The van der Waals surface area contributed by atoms with Gasteiger partial charge >= 0.3 is 11.9 Å². The first-order chi connectivity index (χ1) is 27.5. The first-order valence-corrected chi connectivity index (χ1v) is 21.0. The van der Waals surface area contributed by atoms with E-state index in [-0.39, 0.29) is 41.2 Å². The Morgan fingerprint density at radius 3 is 2.34 bits per heavy atom. The molecule has 0 aliphatic carbocycles. The quantitative estimate of drug-likeness (QED) is 0.0708. The molecule has 0 bridgehead atoms. The van der Waals surface area contributed by atoms with Crippen LogP contribution in [0.5, 0.6) is 17.2 Å². The average molecular weight is 861 g/mol. The Morgan fingerprint density at radius 2 is 1.67 bits per heavy atom. The number of pyridine rings is 1. The lowest BCUT2D eigenvalue weighted by Gasteiger charge is -2.25. The Hall–Kier alpha value is -4.48. The highest BCUT2D eigenvalue weighted by Crippen LogP contribution is 2.39. The zero-order chi connectivity index (χ0) is 42.3. The predicted octanol–water partition coefficient (Wildman–Crippen LogP) is 5.39. The maximum absolute atomic E-state index is 12.1. The van der Waals surface area contributed by atoms with Crippen molar-refractivity contribution >= 4 is 45.0 Å². The highest BCUT2D eigenvalue weighted by atomic mass is 35.5. The van der Waals surface area contributed by atoms with E-state index in [1.54, 1.807) is 18.2 Å². The molecular formula is C41H47Cl2N3O11S. The van der Waals surface area contributed by atoms with Crippen molar-refractivity contribution in [1.82, 2.24) is 15.2 Å². The first-order valence-electron chi connectivity index (χ1n) is 18.4. The minimum atomic E-state index is -3.52. The number of carbonyl (C=O) groups is 2. The summed E-state index contributed by atoms with van der Waals surface area (Å²) in [5.74, 6) is -1.19. The van der Waals surface area contributed by atoms with Gasteiger partial charge in [-0.2, -0.15) is 0 Å². The number of rotatable bonds is 20. The third kappa shape index (κ3) is 10.6. The SMILES string of the molecule is Cc1c(COc2cc(OCc3cncc(S(C)(=O)=O)c3)c(CNC(C)(CO)C(=O)O)cc2Cl)cccc1-c1cccc(OCCCN2CCC(CO)(C(=O)O)C2)c1Cl. The van der Waals surface area contributed by atoms with Crippen molar-refractivity contribution in [3.05, 3.63) is 99.3 Å². The van der Waals surface area contributed by atoms with Gasteiger partial charge in [-0.25, -0.2) is 8.42 Å². The molecule has 1 aromatic heterocycles. The molecule has 0 saturated carbocycles. The van der Waals surface area contributed by atoms with Gasteiger partial charge in [0.05, 0.1) is 34.8 Å². The highest BCUT2D eigenvalue weighted by Gasteiger charge is 2.44. The monoisotopic (exact) mass is 859 g/mol. The number of aliphatic carboxylic acids is 2. The Balaban J connectivity index is 1.30. The van der Waals surface area contributed by atoms with E-state index in [2.05, 4.69) is 10.3 Å². The lowest BCUT2D eigenvalue weighted by Crippen LogP contribution is -2.52. The van der Waals surface area contributed by atoms with Crippen LogP contribution in [-0.2, 0) is 39.2 Å². The minimum absolute atomic E-state index is 0.0264. The molecule has 14 nitrogen and oxygen atoms in total. The van der Waals surface area contributed by atoms with Crippen LogP contribution in [-0.4, -0.2) is 102 Å². The van der Waals surface area contributed by atoms with Crippen molar-refractivity contribution in [2.75, 3.05) is 45.7 Å². The fourth-order valence-corrected chi connectivity index (χ4v) is 7.60. The summed E-state index contributed by atoms with van der Waals surface area (Å²) in [6, 6.07) is 15.9. The Labute approximate surface area is 347 Å². The van der Waals surface area contributed by atoms with E-state index >= 15 is 0 Å². The number of hydrogen-bond acceptors (Lipinski definition) is 12. The highest BCUT2D eigenvalue weighted by molar-refractivity contribution is 7.90. The van der Waals surface area contributed by atoms with E-state index in [4.69, 9.17) is 37.4 Å². The molecule has 5 N–H and O–H groups in total. The molecular weight excluding hydrogens is 813 g/mol. The van der Waals surface area contributed by atoms with Crippen molar-refractivity contribution < 1.29 is 52.6 Å². The van der Waals surface area contributed by atoms with E-state index in [9.17, 15) is 38.4 Å². The number of ether oxygens (including phenoxy) is 3. The Kier molecular flexibility index (Phi) is 14.7. The predicted molar refractivity (Wildman–Crippen MR) is 217 cm³/mol. The number of aliphatic hydroxyl groups is 2. The van der Waals surface area contributed by atoms with Crippen LogP contribution >= 0.6 is 23.2 Å². The molecule has 0 amide bonds. The van der Waals surface area contributed by atoms with Crippen LogP contribution in [0.2, 0.25) is 10.0 Å². The summed E-state index contributed by atoms with van der Waals surface area (Å²) in [5, 5.41) is 42.1. The lowest BCUT2D eigenvalue weighted by molar-refractivity contribution is -0.150. The van der Waals surface area contributed by atoms with E-state index in [1.165, 1.54) is 25.4 Å². The maximum atomic E-state index is 12.1.